The summed E-state index contributed by atoms with van der Waals surface area (Å²) in [6.07, 6.45) is 3.39. The number of carbonyl (C=O) groups excluding carboxylic acids is 1. The highest BCUT2D eigenvalue weighted by molar-refractivity contribution is 5.75. The van der Waals surface area contributed by atoms with Crippen LogP contribution in [0.15, 0.2) is 0 Å². The second kappa shape index (κ2) is 6.86. The van der Waals surface area contributed by atoms with Crippen LogP contribution in [0.2, 0.25) is 0 Å². The lowest BCUT2D eigenvalue weighted by atomic mass is 10.0. The van der Waals surface area contributed by atoms with Crippen LogP contribution in [0, 0.1) is 5.92 Å². The van der Waals surface area contributed by atoms with E-state index in [2.05, 4.69) is 10.6 Å². The largest absolute Gasteiger partial charge is 0.468 e. The maximum atomic E-state index is 11.6. The Labute approximate surface area is 98.1 Å². The van der Waals surface area contributed by atoms with Crippen molar-refractivity contribution in [2.75, 3.05) is 20.2 Å². The second-order valence-corrected chi connectivity index (χ2v) is 4.79. The molecule has 0 spiro atoms. The lowest BCUT2D eigenvalue weighted by molar-refractivity contribution is -0.144. The van der Waals surface area contributed by atoms with E-state index in [-0.39, 0.29) is 17.9 Å². The van der Waals surface area contributed by atoms with Gasteiger partial charge in [0.1, 0.15) is 6.04 Å². The van der Waals surface area contributed by atoms with Gasteiger partial charge in [-0.3, -0.25) is 4.79 Å². The zero-order valence-electron chi connectivity index (χ0n) is 10.6. The number of hydrogen-bond donors (Lipinski definition) is 2. The topological polar surface area (TPSA) is 50.4 Å². The van der Waals surface area contributed by atoms with Gasteiger partial charge in [-0.15, -0.1) is 0 Å². The molecule has 0 bridgehead atoms. The molecule has 1 rings (SSSR count). The molecule has 0 radical (unpaired) electrons. The summed E-state index contributed by atoms with van der Waals surface area (Å²) in [4.78, 5) is 11.6. The molecule has 0 saturated carbocycles. The standard InChI is InChI=1S/C12H24N2O2/c1-9(2)11(12(15)16-3)14-10-5-4-7-13-8-6-10/h9-11,13-14H,4-8H2,1-3H3/t10?,11-/m0/s1. The molecule has 4 nitrogen and oxygen atoms in total. The van der Waals surface area contributed by atoms with E-state index in [9.17, 15) is 4.79 Å². The van der Waals surface area contributed by atoms with Gasteiger partial charge >= 0.3 is 5.97 Å². The normalized spacial score (nSPS) is 23.9. The quantitative estimate of drug-likeness (QED) is 0.702. The van der Waals surface area contributed by atoms with E-state index >= 15 is 0 Å². The van der Waals surface area contributed by atoms with E-state index in [1.54, 1.807) is 0 Å². The van der Waals surface area contributed by atoms with Crippen molar-refractivity contribution in [1.82, 2.24) is 10.6 Å². The molecule has 16 heavy (non-hydrogen) atoms. The fourth-order valence-electron chi connectivity index (χ4n) is 2.10. The second-order valence-electron chi connectivity index (χ2n) is 4.79. The van der Waals surface area contributed by atoms with Gasteiger partial charge in [-0.25, -0.2) is 0 Å². The Morgan fingerprint density at radius 3 is 2.75 bits per heavy atom. The minimum absolute atomic E-state index is 0.146. The highest BCUT2D eigenvalue weighted by Gasteiger charge is 2.25. The van der Waals surface area contributed by atoms with Crippen molar-refractivity contribution < 1.29 is 9.53 Å². The first-order valence-electron chi connectivity index (χ1n) is 6.19. The maximum Gasteiger partial charge on any atom is 0.323 e. The summed E-state index contributed by atoms with van der Waals surface area (Å²) in [5.74, 6) is 0.121. The van der Waals surface area contributed by atoms with Crippen molar-refractivity contribution in [1.29, 1.82) is 0 Å². The minimum atomic E-state index is -0.173. The molecule has 0 amide bonds. The summed E-state index contributed by atoms with van der Waals surface area (Å²) in [5, 5.41) is 6.80. The van der Waals surface area contributed by atoms with Gasteiger partial charge in [0.2, 0.25) is 0 Å². The predicted octanol–water partition coefficient (Wildman–Crippen LogP) is 0.916. The molecule has 1 heterocycles. The maximum absolute atomic E-state index is 11.6. The average Bonchev–Trinajstić information content (AvgIpc) is 2.52. The van der Waals surface area contributed by atoms with Crippen molar-refractivity contribution >= 4 is 5.97 Å². The van der Waals surface area contributed by atoms with Gasteiger partial charge in [0.15, 0.2) is 0 Å². The molecular formula is C12H24N2O2. The highest BCUT2D eigenvalue weighted by atomic mass is 16.5. The van der Waals surface area contributed by atoms with Crippen LogP contribution in [0.5, 0.6) is 0 Å². The van der Waals surface area contributed by atoms with Gasteiger partial charge in [-0.2, -0.15) is 0 Å². The summed E-state index contributed by atoms with van der Waals surface area (Å²) < 4.78 is 4.83. The van der Waals surface area contributed by atoms with Gasteiger partial charge in [-0.1, -0.05) is 13.8 Å². The summed E-state index contributed by atoms with van der Waals surface area (Å²) in [7, 11) is 1.45. The summed E-state index contributed by atoms with van der Waals surface area (Å²) >= 11 is 0. The number of methoxy groups -OCH3 is 1. The Bertz CT molecular complexity index is 211. The third-order valence-electron chi connectivity index (χ3n) is 3.11. The van der Waals surface area contributed by atoms with Gasteiger partial charge < -0.3 is 15.4 Å². The summed E-state index contributed by atoms with van der Waals surface area (Å²) in [6, 6.07) is 0.259. The van der Waals surface area contributed by atoms with Crippen molar-refractivity contribution in [3.05, 3.63) is 0 Å². The zero-order valence-corrected chi connectivity index (χ0v) is 10.6. The third-order valence-corrected chi connectivity index (χ3v) is 3.11. The Balaban J connectivity index is 2.49. The number of hydrogen-bond acceptors (Lipinski definition) is 4. The summed E-state index contributed by atoms with van der Waals surface area (Å²) in [6.45, 7) is 6.21. The molecule has 2 N–H and O–H groups in total. The number of esters is 1. The predicted molar refractivity (Wildman–Crippen MR) is 64.3 cm³/mol. The molecule has 1 aliphatic heterocycles. The lowest BCUT2D eigenvalue weighted by Gasteiger charge is -2.25. The first-order valence-corrected chi connectivity index (χ1v) is 6.19. The van der Waals surface area contributed by atoms with E-state index in [4.69, 9.17) is 4.74 Å². The van der Waals surface area contributed by atoms with E-state index in [1.165, 1.54) is 13.5 Å². The fraction of sp³-hybridized carbons (Fsp3) is 0.917. The van der Waals surface area contributed by atoms with Crippen molar-refractivity contribution in [2.24, 2.45) is 5.92 Å². The number of ether oxygens (including phenoxy) is 1. The highest BCUT2D eigenvalue weighted by Crippen LogP contribution is 2.10. The number of rotatable bonds is 4. The Kier molecular flexibility index (Phi) is 5.77. The fourth-order valence-corrected chi connectivity index (χ4v) is 2.10. The van der Waals surface area contributed by atoms with Crippen LogP contribution in [-0.2, 0) is 9.53 Å². The molecule has 0 aromatic rings. The van der Waals surface area contributed by atoms with Crippen molar-refractivity contribution in [2.45, 2.75) is 45.2 Å². The van der Waals surface area contributed by atoms with Crippen LogP contribution in [0.1, 0.15) is 33.1 Å². The van der Waals surface area contributed by atoms with E-state index in [0.29, 0.717) is 6.04 Å². The molecule has 4 heteroatoms. The van der Waals surface area contributed by atoms with Gasteiger partial charge in [0.05, 0.1) is 7.11 Å². The Hall–Kier alpha value is -0.610. The summed E-state index contributed by atoms with van der Waals surface area (Å²) in [5.41, 5.74) is 0. The molecule has 0 aliphatic carbocycles. The molecule has 1 unspecified atom stereocenters. The molecule has 1 fully saturated rings. The molecule has 1 saturated heterocycles. The average molecular weight is 228 g/mol. The van der Waals surface area contributed by atoms with Crippen LogP contribution >= 0.6 is 0 Å². The van der Waals surface area contributed by atoms with Crippen LogP contribution in [0.4, 0.5) is 0 Å². The van der Waals surface area contributed by atoms with Gasteiger partial charge in [0, 0.05) is 6.04 Å². The number of nitrogens with one attached hydrogen (secondary N) is 2. The van der Waals surface area contributed by atoms with Crippen molar-refractivity contribution in [3.63, 3.8) is 0 Å². The zero-order chi connectivity index (χ0) is 12.0. The first-order chi connectivity index (χ1) is 7.65. The van der Waals surface area contributed by atoms with E-state index < -0.39 is 0 Å². The minimum Gasteiger partial charge on any atom is -0.468 e. The first kappa shape index (κ1) is 13.5. The van der Waals surface area contributed by atoms with Crippen LogP contribution < -0.4 is 10.6 Å². The van der Waals surface area contributed by atoms with Crippen LogP contribution in [0.3, 0.4) is 0 Å². The van der Waals surface area contributed by atoms with E-state index in [0.717, 1.165) is 25.9 Å². The SMILES string of the molecule is COC(=O)[C@@H](NC1CCCNCC1)C(C)C. The third kappa shape index (κ3) is 4.10. The van der Waals surface area contributed by atoms with Gasteiger partial charge in [-0.05, 0) is 38.3 Å². The lowest BCUT2D eigenvalue weighted by Crippen LogP contribution is -2.47. The molecule has 0 aromatic carbocycles. The molecule has 94 valence electrons. The number of carbonyl (C=O) groups is 1. The molecule has 1 aliphatic rings. The Morgan fingerprint density at radius 2 is 2.12 bits per heavy atom. The Morgan fingerprint density at radius 1 is 1.38 bits per heavy atom. The molecule has 2 atom stereocenters. The van der Waals surface area contributed by atoms with Crippen LogP contribution in [-0.4, -0.2) is 38.3 Å². The molecule has 0 aromatic heterocycles. The van der Waals surface area contributed by atoms with Crippen molar-refractivity contribution in [3.8, 4) is 0 Å². The van der Waals surface area contributed by atoms with Crippen LogP contribution in [0.25, 0.3) is 0 Å². The van der Waals surface area contributed by atoms with E-state index in [1.807, 2.05) is 13.8 Å². The van der Waals surface area contributed by atoms with Gasteiger partial charge in [0.25, 0.3) is 0 Å². The molecular weight excluding hydrogens is 204 g/mol. The monoisotopic (exact) mass is 228 g/mol. The smallest absolute Gasteiger partial charge is 0.323 e.